The van der Waals surface area contributed by atoms with Crippen molar-refractivity contribution >= 4 is 10.0 Å². The third-order valence-corrected chi connectivity index (χ3v) is 2.31. The Bertz CT molecular complexity index is 221. The molecule has 1 aliphatic rings. The Hall–Kier alpha value is -0.580. The minimum absolute atomic E-state index is 0.312. The number of hydrogen-bond donors (Lipinski definition) is 0. The van der Waals surface area contributed by atoms with E-state index in [2.05, 4.69) is 0 Å². The molecule has 0 amide bonds. The topological polar surface area (TPSA) is 37.4 Å². The van der Waals surface area contributed by atoms with Crippen LogP contribution in [0.4, 0.5) is 4.39 Å². The largest absolute Gasteiger partial charge is 0.271 e. The molecule has 0 saturated carbocycles. The molecule has 0 aromatic carbocycles. The van der Waals surface area contributed by atoms with Crippen molar-refractivity contribution in [3.05, 3.63) is 12.3 Å². The Balaban J connectivity index is 2.72. The minimum Gasteiger partial charge on any atom is -0.271 e. The predicted octanol–water partition coefficient (Wildman–Crippen LogP) is 0.0725. The summed E-state index contributed by atoms with van der Waals surface area (Å²) in [5.41, 5.74) is 0. The van der Waals surface area contributed by atoms with Crippen molar-refractivity contribution in [1.29, 1.82) is 0 Å². The first-order valence-corrected chi connectivity index (χ1v) is 4.00. The van der Waals surface area contributed by atoms with Gasteiger partial charge in [0.25, 0.3) is 10.0 Å². The van der Waals surface area contributed by atoms with Crippen molar-refractivity contribution in [2.45, 2.75) is 0 Å². The number of sulfonamides is 1. The third-order valence-electron chi connectivity index (χ3n) is 1.05. The Morgan fingerprint density at radius 1 is 1.67 bits per heavy atom. The molecule has 0 aliphatic carbocycles. The van der Waals surface area contributed by atoms with Gasteiger partial charge in [0.1, 0.15) is 0 Å². The molecule has 0 atom stereocenters. The van der Waals surface area contributed by atoms with Gasteiger partial charge in [-0.15, -0.1) is 0 Å². The summed E-state index contributed by atoms with van der Waals surface area (Å²) < 4.78 is 33.5. The van der Waals surface area contributed by atoms with Crippen molar-refractivity contribution in [3.63, 3.8) is 0 Å². The van der Waals surface area contributed by atoms with Crippen LogP contribution < -0.4 is 0 Å². The van der Waals surface area contributed by atoms with Gasteiger partial charge < -0.3 is 0 Å². The monoisotopic (exact) mass is 151 g/mol. The molecule has 0 spiro atoms. The first-order valence-electron chi connectivity index (χ1n) is 2.39. The number of hydrogen-bond acceptors (Lipinski definition) is 2. The van der Waals surface area contributed by atoms with Gasteiger partial charge in [0.05, 0.1) is 6.54 Å². The van der Waals surface area contributed by atoms with Crippen LogP contribution in [0.5, 0.6) is 0 Å². The van der Waals surface area contributed by atoms with E-state index in [-0.39, 0.29) is 0 Å². The zero-order valence-corrected chi connectivity index (χ0v) is 5.44. The fourth-order valence-corrected chi connectivity index (χ4v) is 1.17. The summed E-state index contributed by atoms with van der Waals surface area (Å²) in [5.74, 6) is 0. The summed E-state index contributed by atoms with van der Waals surface area (Å²) in [4.78, 5) is 0. The van der Waals surface area contributed by atoms with Gasteiger partial charge in [-0.3, -0.25) is 4.31 Å². The number of rotatable bonds is 2. The summed E-state index contributed by atoms with van der Waals surface area (Å²) in [5, 5.41) is 0. The Kier molecular flexibility index (Phi) is 1.44. The molecule has 0 unspecified atom stereocenters. The summed E-state index contributed by atoms with van der Waals surface area (Å²) >= 11 is 0. The standard InChI is InChI=1S/C4H6FNO2S/c5-4-9(7,8)6-2-1-3-6/h1-2H,3-4H2. The van der Waals surface area contributed by atoms with Crippen LogP contribution in [-0.2, 0) is 10.0 Å². The van der Waals surface area contributed by atoms with Crippen LogP contribution in [0.2, 0.25) is 0 Å². The second-order valence-corrected chi connectivity index (χ2v) is 3.53. The van der Waals surface area contributed by atoms with E-state index in [1.807, 2.05) is 0 Å². The van der Waals surface area contributed by atoms with Crippen LogP contribution in [0.15, 0.2) is 12.3 Å². The molecule has 0 fully saturated rings. The molecule has 1 heterocycles. The second kappa shape index (κ2) is 1.98. The van der Waals surface area contributed by atoms with E-state index in [1.54, 1.807) is 6.08 Å². The minimum atomic E-state index is -3.58. The van der Waals surface area contributed by atoms with E-state index < -0.39 is 16.0 Å². The lowest BCUT2D eigenvalue weighted by Gasteiger charge is -2.22. The van der Waals surface area contributed by atoms with E-state index in [9.17, 15) is 12.8 Å². The molecule has 1 rings (SSSR count). The van der Waals surface area contributed by atoms with Crippen molar-refractivity contribution in [2.24, 2.45) is 0 Å². The maximum absolute atomic E-state index is 11.6. The molecule has 0 aromatic rings. The zero-order valence-electron chi connectivity index (χ0n) is 4.62. The van der Waals surface area contributed by atoms with Gasteiger partial charge in [0.2, 0.25) is 6.01 Å². The van der Waals surface area contributed by atoms with Gasteiger partial charge in [-0.1, -0.05) is 0 Å². The van der Waals surface area contributed by atoms with Crippen molar-refractivity contribution < 1.29 is 12.8 Å². The Labute approximate surface area is 52.8 Å². The molecule has 1 aliphatic heterocycles. The van der Waals surface area contributed by atoms with E-state index in [0.29, 0.717) is 6.54 Å². The molecule has 9 heavy (non-hydrogen) atoms. The quantitative estimate of drug-likeness (QED) is 0.560. The highest BCUT2D eigenvalue weighted by molar-refractivity contribution is 7.89. The lowest BCUT2D eigenvalue weighted by molar-refractivity contribution is 0.465. The van der Waals surface area contributed by atoms with E-state index in [0.717, 1.165) is 4.31 Å². The van der Waals surface area contributed by atoms with Gasteiger partial charge in [-0.2, -0.15) is 0 Å². The lowest BCUT2D eigenvalue weighted by Crippen LogP contribution is -2.32. The molecule has 0 bridgehead atoms. The molecule has 0 radical (unpaired) electrons. The molecule has 3 nitrogen and oxygen atoms in total. The van der Waals surface area contributed by atoms with Crippen molar-refractivity contribution in [3.8, 4) is 0 Å². The van der Waals surface area contributed by atoms with Crippen molar-refractivity contribution in [2.75, 3.05) is 12.6 Å². The molecule has 0 saturated heterocycles. The van der Waals surface area contributed by atoms with Gasteiger partial charge in [0, 0.05) is 6.20 Å². The predicted molar refractivity (Wildman–Crippen MR) is 30.7 cm³/mol. The van der Waals surface area contributed by atoms with Gasteiger partial charge >= 0.3 is 0 Å². The lowest BCUT2D eigenvalue weighted by atomic mass is 10.5. The van der Waals surface area contributed by atoms with E-state index in [4.69, 9.17) is 0 Å². The Morgan fingerprint density at radius 2 is 2.22 bits per heavy atom. The highest BCUT2D eigenvalue weighted by Gasteiger charge is 2.20. The summed E-state index contributed by atoms with van der Waals surface area (Å²) in [6, 6.07) is -1.31. The molecule has 0 N–H and O–H groups in total. The third kappa shape index (κ3) is 1.05. The normalized spacial score (nSPS) is 17.7. The van der Waals surface area contributed by atoms with Crippen LogP contribution in [-0.4, -0.2) is 25.3 Å². The Morgan fingerprint density at radius 3 is 2.33 bits per heavy atom. The summed E-state index contributed by atoms with van der Waals surface area (Å²) in [7, 11) is -3.58. The fraction of sp³-hybridized carbons (Fsp3) is 0.500. The van der Waals surface area contributed by atoms with Crippen LogP contribution in [0.1, 0.15) is 0 Å². The van der Waals surface area contributed by atoms with Gasteiger partial charge in [-0.05, 0) is 6.08 Å². The fourth-order valence-electron chi connectivity index (χ4n) is 0.460. The maximum Gasteiger partial charge on any atom is 0.264 e. The van der Waals surface area contributed by atoms with Crippen LogP contribution in [0, 0.1) is 0 Å². The average molecular weight is 151 g/mol. The molecular formula is C4H6FNO2S. The SMILES string of the molecule is O=S(=O)(CF)N1C=CC1. The maximum atomic E-state index is 11.6. The molecular weight excluding hydrogens is 145 g/mol. The second-order valence-electron chi connectivity index (χ2n) is 1.68. The summed E-state index contributed by atoms with van der Waals surface area (Å²) in [6.07, 6.45) is 2.99. The highest BCUT2D eigenvalue weighted by atomic mass is 32.2. The first kappa shape index (κ1) is 6.54. The molecule has 5 heteroatoms. The first-order chi connectivity index (χ1) is 4.17. The molecule has 52 valence electrons. The highest BCUT2D eigenvalue weighted by Crippen LogP contribution is 2.09. The zero-order chi connectivity index (χ0) is 6.91. The van der Waals surface area contributed by atoms with E-state index in [1.165, 1.54) is 6.20 Å². The van der Waals surface area contributed by atoms with Gasteiger partial charge in [0.15, 0.2) is 0 Å². The number of halogens is 1. The van der Waals surface area contributed by atoms with Crippen molar-refractivity contribution in [1.82, 2.24) is 4.31 Å². The van der Waals surface area contributed by atoms with E-state index >= 15 is 0 Å². The van der Waals surface area contributed by atoms with Gasteiger partial charge in [-0.25, -0.2) is 12.8 Å². The number of nitrogens with zero attached hydrogens (tertiary/aromatic N) is 1. The van der Waals surface area contributed by atoms with Crippen LogP contribution in [0.25, 0.3) is 0 Å². The number of alkyl halides is 1. The smallest absolute Gasteiger partial charge is 0.264 e. The summed E-state index contributed by atoms with van der Waals surface area (Å²) in [6.45, 7) is 0.312. The van der Waals surface area contributed by atoms with Crippen LogP contribution >= 0.6 is 0 Å². The average Bonchev–Trinajstić information content (AvgIpc) is 1.60. The molecule has 0 aromatic heterocycles. The van der Waals surface area contributed by atoms with Crippen LogP contribution in [0.3, 0.4) is 0 Å².